The van der Waals surface area contributed by atoms with Gasteiger partial charge in [-0.05, 0) is 61.6 Å². The molecule has 2 aromatic carbocycles. The summed E-state index contributed by atoms with van der Waals surface area (Å²) in [6.45, 7) is 9.84. The van der Waals surface area contributed by atoms with E-state index in [9.17, 15) is 31.1 Å². The van der Waals surface area contributed by atoms with Gasteiger partial charge in [0, 0.05) is 64.0 Å². The number of ether oxygens (including phenoxy) is 1. The molecule has 2 heterocycles. The minimum absolute atomic E-state index is 0.0507. The van der Waals surface area contributed by atoms with Gasteiger partial charge in [-0.2, -0.15) is 26.3 Å². The molecule has 2 aliphatic rings. The summed E-state index contributed by atoms with van der Waals surface area (Å²) in [6.07, 6.45) is -8.65. The van der Waals surface area contributed by atoms with Gasteiger partial charge in [-0.25, -0.2) is 0 Å². The lowest BCUT2D eigenvalue weighted by molar-refractivity contribution is -0.143. The molecular formula is C29H35F6N3O2. The number of benzene rings is 2. The number of carbonyl (C=O) groups excluding carboxylic acids is 1. The van der Waals surface area contributed by atoms with Crippen LogP contribution in [0.15, 0.2) is 36.4 Å². The Morgan fingerprint density at radius 2 is 1.50 bits per heavy atom. The van der Waals surface area contributed by atoms with Gasteiger partial charge in [-0.3, -0.25) is 14.6 Å². The molecular weight excluding hydrogens is 536 g/mol. The molecule has 5 nitrogen and oxygen atoms in total. The van der Waals surface area contributed by atoms with Crippen molar-refractivity contribution in [2.24, 2.45) is 0 Å². The first-order chi connectivity index (χ1) is 18.8. The number of alkyl halides is 6. The van der Waals surface area contributed by atoms with Crippen LogP contribution >= 0.6 is 0 Å². The lowest BCUT2D eigenvalue weighted by atomic mass is 9.97. The molecule has 11 heteroatoms. The number of hydrogen-bond acceptors (Lipinski definition) is 4. The van der Waals surface area contributed by atoms with E-state index in [4.69, 9.17) is 4.74 Å². The zero-order valence-corrected chi connectivity index (χ0v) is 22.7. The van der Waals surface area contributed by atoms with E-state index in [2.05, 4.69) is 9.80 Å². The van der Waals surface area contributed by atoms with E-state index in [0.717, 1.165) is 55.9 Å². The van der Waals surface area contributed by atoms with Crippen molar-refractivity contribution in [1.29, 1.82) is 0 Å². The van der Waals surface area contributed by atoms with Gasteiger partial charge >= 0.3 is 12.4 Å². The predicted molar refractivity (Wildman–Crippen MR) is 139 cm³/mol. The smallest absolute Gasteiger partial charge is 0.380 e. The van der Waals surface area contributed by atoms with E-state index in [1.807, 2.05) is 32.0 Å². The van der Waals surface area contributed by atoms with Gasteiger partial charge in [-0.1, -0.05) is 18.2 Å². The van der Waals surface area contributed by atoms with Crippen LogP contribution in [0.3, 0.4) is 0 Å². The fourth-order valence-corrected chi connectivity index (χ4v) is 5.32. The maximum Gasteiger partial charge on any atom is 0.416 e. The number of piperazine rings is 1. The minimum Gasteiger partial charge on any atom is -0.380 e. The number of carbonyl (C=O) groups is 1. The highest BCUT2D eigenvalue weighted by atomic mass is 19.4. The second-order valence-corrected chi connectivity index (χ2v) is 10.7. The summed E-state index contributed by atoms with van der Waals surface area (Å²) in [7, 11) is 0. The quantitative estimate of drug-likeness (QED) is 0.434. The molecule has 2 saturated heterocycles. The highest BCUT2D eigenvalue weighted by Crippen LogP contribution is 2.37. The number of aryl methyl sites for hydroxylation is 2. The fourth-order valence-electron chi connectivity index (χ4n) is 5.32. The second kappa shape index (κ2) is 12.5. The molecule has 2 aliphatic heterocycles. The first-order valence-electron chi connectivity index (χ1n) is 13.5. The van der Waals surface area contributed by atoms with E-state index in [-0.39, 0.29) is 12.6 Å². The zero-order valence-electron chi connectivity index (χ0n) is 22.7. The number of rotatable bonds is 6. The van der Waals surface area contributed by atoms with Crippen molar-refractivity contribution >= 4 is 5.91 Å². The van der Waals surface area contributed by atoms with E-state index in [1.54, 1.807) is 0 Å². The predicted octanol–water partition coefficient (Wildman–Crippen LogP) is 5.43. The van der Waals surface area contributed by atoms with Crippen molar-refractivity contribution in [2.75, 3.05) is 59.0 Å². The van der Waals surface area contributed by atoms with Gasteiger partial charge < -0.3 is 9.64 Å². The highest BCUT2D eigenvalue weighted by molar-refractivity contribution is 5.95. The van der Waals surface area contributed by atoms with Crippen LogP contribution in [0.2, 0.25) is 0 Å². The second-order valence-electron chi connectivity index (χ2n) is 10.7. The van der Waals surface area contributed by atoms with Crippen molar-refractivity contribution in [1.82, 2.24) is 14.7 Å². The zero-order chi connectivity index (χ0) is 29.1. The average molecular weight is 572 g/mol. The minimum atomic E-state index is -5.02. The van der Waals surface area contributed by atoms with Gasteiger partial charge in [0.2, 0.25) is 0 Å². The largest absolute Gasteiger partial charge is 0.416 e. The van der Waals surface area contributed by atoms with Crippen LogP contribution in [-0.4, -0.2) is 85.7 Å². The Labute approximate surface area is 230 Å². The molecule has 0 radical (unpaired) electrons. The number of hydrogen-bond donors (Lipinski definition) is 0. The molecule has 4 rings (SSSR count). The van der Waals surface area contributed by atoms with Gasteiger partial charge in [0.05, 0.1) is 17.7 Å². The van der Waals surface area contributed by atoms with Crippen LogP contribution in [-0.2, 0) is 23.5 Å². The van der Waals surface area contributed by atoms with Gasteiger partial charge in [0.1, 0.15) is 0 Å². The number of halogens is 6. The molecule has 2 fully saturated rings. The van der Waals surface area contributed by atoms with Crippen molar-refractivity contribution in [3.05, 3.63) is 69.8 Å². The summed E-state index contributed by atoms with van der Waals surface area (Å²) in [5.74, 6) is -0.824. The highest BCUT2D eigenvalue weighted by Gasteiger charge is 2.39. The molecule has 0 unspecified atom stereocenters. The lowest BCUT2D eigenvalue weighted by Gasteiger charge is -2.42. The van der Waals surface area contributed by atoms with E-state index >= 15 is 0 Å². The third kappa shape index (κ3) is 7.76. The Bertz CT molecular complexity index is 1140. The van der Waals surface area contributed by atoms with Crippen LogP contribution < -0.4 is 0 Å². The summed E-state index contributed by atoms with van der Waals surface area (Å²) >= 11 is 0. The average Bonchev–Trinajstić information content (AvgIpc) is 3.17. The molecule has 40 heavy (non-hydrogen) atoms. The molecule has 1 atom stereocenters. The monoisotopic (exact) mass is 571 g/mol. The number of amides is 1. The van der Waals surface area contributed by atoms with Crippen LogP contribution in [0.5, 0.6) is 0 Å². The summed E-state index contributed by atoms with van der Waals surface area (Å²) in [5, 5.41) is 0. The topological polar surface area (TPSA) is 36.0 Å². The molecule has 0 aliphatic carbocycles. The molecule has 0 N–H and O–H groups in total. The third-order valence-corrected chi connectivity index (χ3v) is 7.75. The SMILES string of the molecule is Cc1ccc(C[C@@H]2CN(CCN3CCCOCC3)CCN2C(=O)c2cc(C(F)(F)F)cc(C(F)(F)F)c2)cc1C. The van der Waals surface area contributed by atoms with Gasteiger partial charge in [0.25, 0.3) is 5.91 Å². The van der Waals surface area contributed by atoms with Crippen LogP contribution in [0.1, 0.15) is 44.6 Å². The maximum absolute atomic E-state index is 13.6. The van der Waals surface area contributed by atoms with Crippen molar-refractivity contribution in [3.63, 3.8) is 0 Å². The van der Waals surface area contributed by atoms with E-state index in [1.165, 1.54) is 4.90 Å². The van der Waals surface area contributed by atoms with Crippen molar-refractivity contribution < 1.29 is 35.9 Å². The van der Waals surface area contributed by atoms with Crippen LogP contribution in [0, 0.1) is 13.8 Å². The standard InChI is InChI=1S/C29H35F6N3O2/c1-20-4-5-22(14-21(20)2)15-26-19-37(8-7-36-6-3-12-40-13-11-36)9-10-38(26)27(39)23-16-24(28(30,31)32)18-25(17-23)29(33,34)35/h4-5,14,16-18,26H,3,6-13,15,19H2,1-2H3/t26-/m1/s1. The molecule has 0 saturated carbocycles. The normalized spacial score (nSPS) is 20.0. The Hall–Kier alpha value is -2.63. The molecule has 0 bridgehead atoms. The molecule has 0 spiro atoms. The first kappa shape index (κ1) is 30.3. The Morgan fingerprint density at radius 3 is 2.15 bits per heavy atom. The van der Waals surface area contributed by atoms with Crippen molar-refractivity contribution in [3.8, 4) is 0 Å². The van der Waals surface area contributed by atoms with E-state index < -0.39 is 41.0 Å². The summed E-state index contributed by atoms with van der Waals surface area (Å²) in [6, 6.07) is 6.63. The Balaban J connectivity index is 1.59. The molecule has 2 aromatic rings. The molecule has 0 aromatic heterocycles. The lowest BCUT2D eigenvalue weighted by Crippen LogP contribution is -2.57. The van der Waals surface area contributed by atoms with Gasteiger partial charge in [0.15, 0.2) is 0 Å². The summed E-state index contributed by atoms with van der Waals surface area (Å²) < 4.78 is 86.4. The van der Waals surface area contributed by atoms with Crippen LogP contribution in [0.4, 0.5) is 26.3 Å². The molecule has 1 amide bonds. The first-order valence-corrected chi connectivity index (χ1v) is 13.5. The molecule has 220 valence electrons. The maximum atomic E-state index is 13.6. The Morgan fingerprint density at radius 1 is 0.825 bits per heavy atom. The van der Waals surface area contributed by atoms with Crippen LogP contribution in [0.25, 0.3) is 0 Å². The summed E-state index contributed by atoms with van der Waals surface area (Å²) in [4.78, 5) is 19.6. The fraction of sp³-hybridized carbons (Fsp3) is 0.552. The van der Waals surface area contributed by atoms with Gasteiger partial charge in [-0.15, -0.1) is 0 Å². The van der Waals surface area contributed by atoms with Crippen molar-refractivity contribution in [2.45, 2.75) is 45.1 Å². The third-order valence-electron chi connectivity index (χ3n) is 7.75. The Kier molecular flexibility index (Phi) is 9.47. The van der Waals surface area contributed by atoms with E-state index in [0.29, 0.717) is 38.2 Å². The number of nitrogens with zero attached hydrogens (tertiary/aromatic N) is 3. The summed E-state index contributed by atoms with van der Waals surface area (Å²) in [5.41, 5.74) is -0.457.